The molecule has 0 aliphatic carbocycles. The lowest BCUT2D eigenvalue weighted by molar-refractivity contribution is -0.525. The smallest absolute Gasteiger partial charge is 0.251 e. The van der Waals surface area contributed by atoms with E-state index in [1.165, 1.54) is 17.5 Å². The molecule has 0 fully saturated rings. The third-order valence-corrected chi connectivity index (χ3v) is 6.13. The number of nitrogens with one attached hydrogen (secondary N) is 3. The van der Waals surface area contributed by atoms with E-state index in [2.05, 4.69) is 20.6 Å². The fourth-order valence-corrected chi connectivity index (χ4v) is 4.25. The van der Waals surface area contributed by atoms with Gasteiger partial charge in [-0.2, -0.15) is 0 Å². The molecule has 0 aliphatic heterocycles. The second kappa shape index (κ2) is 15.6. The van der Waals surface area contributed by atoms with Gasteiger partial charge in [0.25, 0.3) is 5.96 Å². The second-order valence-electron chi connectivity index (χ2n) is 8.79. The maximum Gasteiger partial charge on any atom is 0.251 e. The first-order chi connectivity index (χ1) is 17.0. The van der Waals surface area contributed by atoms with Crippen molar-refractivity contribution in [3.05, 3.63) is 21.7 Å². The number of nitrogens with two attached hydrogens (primary N) is 1. The molecule has 0 aromatic carbocycles. The summed E-state index contributed by atoms with van der Waals surface area (Å²) in [6.07, 6.45) is 3.47. The standard InChI is InChI=1S/C21H36N8O6S/c1-5-6-16(28(33)12-30)15(11-13(2)3)18(31)25-17(19(32)26-21-24-9-10-36-21)14(4)7-8-23-20(22)27-29(34)35/h9-10,12-17,33H,5-8,11H2,1-4H3,(H,25,31)(H3,22,23,27)(H,24,26,32)/t14-,15+,16+,17+/m1/s1. The highest BCUT2D eigenvalue weighted by molar-refractivity contribution is 7.13. The third kappa shape index (κ3) is 10.5. The van der Waals surface area contributed by atoms with Gasteiger partial charge in [-0.3, -0.25) is 19.6 Å². The molecular weight excluding hydrogens is 492 g/mol. The molecule has 4 atom stereocenters. The summed E-state index contributed by atoms with van der Waals surface area (Å²) in [5.41, 5.74) is 7.18. The third-order valence-electron chi connectivity index (χ3n) is 5.44. The minimum absolute atomic E-state index is 0.0637. The van der Waals surface area contributed by atoms with Gasteiger partial charge >= 0.3 is 0 Å². The molecule has 0 bridgehead atoms. The Morgan fingerprint density at radius 1 is 1.33 bits per heavy atom. The van der Waals surface area contributed by atoms with Crippen molar-refractivity contribution in [2.45, 2.75) is 65.5 Å². The molecule has 0 aliphatic rings. The van der Waals surface area contributed by atoms with Crippen LogP contribution in [0.15, 0.2) is 16.6 Å². The van der Waals surface area contributed by atoms with Crippen molar-refractivity contribution in [1.82, 2.24) is 20.8 Å². The average molecular weight is 529 g/mol. The van der Waals surface area contributed by atoms with Gasteiger partial charge in [-0.05, 0) is 31.1 Å². The summed E-state index contributed by atoms with van der Waals surface area (Å²) in [6, 6.07) is -1.77. The number of nitro groups is 1. The molecule has 1 aromatic rings. The SMILES string of the molecule is CCC[C@@H]([C@H](CC(C)C)C(=O)N[C@H](C(=O)Nc1nccs1)[C@H](C)CCN=C(N)N[N+](=O)[O-])N(O)C=O. The van der Waals surface area contributed by atoms with E-state index in [0.717, 1.165) is 0 Å². The molecule has 202 valence electrons. The Morgan fingerprint density at radius 3 is 2.56 bits per heavy atom. The average Bonchev–Trinajstić information content (AvgIpc) is 3.31. The first kappa shape index (κ1) is 30.7. The van der Waals surface area contributed by atoms with E-state index in [-0.39, 0.29) is 31.3 Å². The van der Waals surface area contributed by atoms with Crippen LogP contribution in [0.1, 0.15) is 53.4 Å². The fourth-order valence-electron chi connectivity index (χ4n) is 3.72. The first-order valence-corrected chi connectivity index (χ1v) is 12.5. The molecule has 1 aromatic heterocycles. The van der Waals surface area contributed by atoms with Crippen molar-refractivity contribution in [2.75, 3.05) is 11.9 Å². The summed E-state index contributed by atoms with van der Waals surface area (Å²) in [5, 5.41) is 27.8. The number of aliphatic imine (C=N–C) groups is 1. The van der Waals surface area contributed by atoms with Crippen molar-refractivity contribution in [2.24, 2.45) is 28.5 Å². The minimum Gasteiger partial charge on any atom is -0.365 e. The van der Waals surface area contributed by atoms with Gasteiger partial charge < -0.3 is 16.4 Å². The van der Waals surface area contributed by atoms with Gasteiger partial charge in [0.05, 0.1) is 12.0 Å². The van der Waals surface area contributed by atoms with Crippen molar-refractivity contribution in [3.8, 4) is 0 Å². The number of aromatic nitrogens is 1. The summed E-state index contributed by atoms with van der Waals surface area (Å²) in [7, 11) is 0. The van der Waals surface area contributed by atoms with E-state index in [1.807, 2.05) is 20.8 Å². The summed E-state index contributed by atoms with van der Waals surface area (Å²) in [5.74, 6) is -2.50. The molecule has 0 saturated carbocycles. The van der Waals surface area contributed by atoms with Crippen LogP contribution in [0.3, 0.4) is 0 Å². The van der Waals surface area contributed by atoms with Crippen LogP contribution in [0.25, 0.3) is 0 Å². The van der Waals surface area contributed by atoms with Gasteiger partial charge in [0.15, 0.2) is 10.2 Å². The lowest BCUT2D eigenvalue weighted by atomic mass is 9.86. The predicted octanol–water partition coefficient (Wildman–Crippen LogP) is 1.37. The number of hydroxylamine groups is 2. The van der Waals surface area contributed by atoms with Gasteiger partial charge in [-0.1, -0.05) is 39.5 Å². The minimum atomic E-state index is -1.01. The first-order valence-electron chi connectivity index (χ1n) is 11.6. The number of thiazole rings is 1. The van der Waals surface area contributed by atoms with Gasteiger partial charge in [-0.25, -0.2) is 25.2 Å². The highest BCUT2D eigenvalue weighted by Crippen LogP contribution is 2.24. The van der Waals surface area contributed by atoms with E-state index >= 15 is 0 Å². The number of hydrogen-bond acceptors (Lipinski definition) is 9. The van der Waals surface area contributed by atoms with Crippen molar-refractivity contribution in [1.29, 1.82) is 0 Å². The Labute approximate surface area is 213 Å². The van der Waals surface area contributed by atoms with Crippen molar-refractivity contribution >= 4 is 40.7 Å². The molecule has 1 rings (SSSR count). The lowest BCUT2D eigenvalue weighted by Gasteiger charge is -2.33. The summed E-state index contributed by atoms with van der Waals surface area (Å²) < 4.78 is 0. The monoisotopic (exact) mass is 528 g/mol. The zero-order chi connectivity index (χ0) is 27.3. The fraction of sp³-hybridized carbons (Fsp3) is 0.667. The maximum atomic E-state index is 13.5. The van der Waals surface area contributed by atoms with E-state index in [9.17, 15) is 29.7 Å². The van der Waals surface area contributed by atoms with Crippen LogP contribution in [0.2, 0.25) is 0 Å². The lowest BCUT2D eigenvalue weighted by Crippen LogP contribution is -2.53. The largest absolute Gasteiger partial charge is 0.365 e. The summed E-state index contributed by atoms with van der Waals surface area (Å²) >= 11 is 1.21. The van der Waals surface area contributed by atoms with E-state index < -0.39 is 40.8 Å². The van der Waals surface area contributed by atoms with Crippen LogP contribution in [-0.4, -0.2) is 63.1 Å². The van der Waals surface area contributed by atoms with Gasteiger partial charge in [-0.15, -0.1) is 11.3 Å². The molecule has 6 N–H and O–H groups in total. The number of guanidine groups is 1. The number of carbonyl (C=O) groups is 3. The van der Waals surface area contributed by atoms with Gasteiger partial charge in [0.2, 0.25) is 18.2 Å². The Hall–Kier alpha value is -3.33. The Kier molecular flexibility index (Phi) is 13.3. The van der Waals surface area contributed by atoms with Crippen LogP contribution in [0, 0.1) is 27.9 Å². The molecule has 0 saturated heterocycles. The topological polar surface area (TPSA) is 205 Å². The van der Waals surface area contributed by atoms with Crippen LogP contribution >= 0.6 is 11.3 Å². The summed E-state index contributed by atoms with van der Waals surface area (Å²) in [6.45, 7) is 7.51. The molecule has 14 nitrogen and oxygen atoms in total. The number of anilines is 1. The number of hydrazine groups is 1. The number of hydrogen-bond donors (Lipinski definition) is 5. The number of carbonyl (C=O) groups excluding carboxylic acids is 3. The van der Waals surface area contributed by atoms with E-state index in [0.29, 0.717) is 29.5 Å². The van der Waals surface area contributed by atoms with Crippen molar-refractivity contribution in [3.63, 3.8) is 0 Å². The molecule has 0 radical (unpaired) electrons. The maximum absolute atomic E-state index is 13.5. The van der Waals surface area contributed by atoms with Crippen LogP contribution < -0.4 is 21.8 Å². The Bertz CT molecular complexity index is 882. The van der Waals surface area contributed by atoms with Crippen LogP contribution in [0.5, 0.6) is 0 Å². The highest BCUT2D eigenvalue weighted by atomic mass is 32.1. The molecule has 36 heavy (non-hydrogen) atoms. The molecular formula is C21H36N8O6S. The highest BCUT2D eigenvalue weighted by Gasteiger charge is 2.36. The van der Waals surface area contributed by atoms with Crippen molar-refractivity contribution < 1.29 is 24.6 Å². The Morgan fingerprint density at radius 2 is 2.03 bits per heavy atom. The predicted molar refractivity (Wildman–Crippen MR) is 134 cm³/mol. The zero-order valence-corrected chi connectivity index (χ0v) is 21.7. The molecule has 0 unspecified atom stereocenters. The number of amides is 3. The zero-order valence-electron chi connectivity index (χ0n) is 20.9. The second-order valence-corrected chi connectivity index (χ2v) is 9.69. The quantitative estimate of drug-likeness (QED) is 0.0523. The summed E-state index contributed by atoms with van der Waals surface area (Å²) in [4.78, 5) is 56.2. The molecule has 0 spiro atoms. The molecule has 1 heterocycles. The van der Waals surface area contributed by atoms with Gasteiger partial charge in [0, 0.05) is 18.1 Å². The number of rotatable bonds is 16. The normalized spacial score (nSPS) is 14.9. The van der Waals surface area contributed by atoms with Crippen LogP contribution in [-0.2, 0) is 14.4 Å². The van der Waals surface area contributed by atoms with Gasteiger partial charge in [0.1, 0.15) is 6.04 Å². The van der Waals surface area contributed by atoms with E-state index in [1.54, 1.807) is 17.7 Å². The Balaban J connectivity index is 3.14. The molecule has 3 amide bonds. The number of nitrogens with zero attached hydrogens (tertiary/aromatic N) is 4. The molecule has 15 heteroatoms. The van der Waals surface area contributed by atoms with Crippen LogP contribution in [0.4, 0.5) is 5.13 Å². The van der Waals surface area contributed by atoms with E-state index in [4.69, 9.17) is 5.73 Å².